The van der Waals surface area contributed by atoms with Gasteiger partial charge in [0, 0.05) is 19.6 Å². The van der Waals surface area contributed by atoms with Gasteiger partial charge in [-0.25, -0.2) is 9.59 Å². The van der Waals surface area contributed by atoms with Gasteiger partial charge in [-0.1, -0.05) is 6.42 Å². The Bertz CT molecular complexity index is 311. The third kappa shape index (κ3) is 10.2. The van der Waals surface area contributed by atoms with Crippen molar-refractivity contribution >= 4 is 18.3 Å². The molecule has 0 aromatic heterocycles. The Morgan fingerprint density at radius 2 is 2.10 bits per heavy atom. The van der Waals surface area contributed by atoms with Gasteiger partial charge >= 0.3 is 12.1 Å². The van der Waals surface area contributed by atoms with Crippen LogP contribution in [0.3, 0.4) is 0 Å². The molecule has 20 heavy (non-hydrogen) atoms. The molecule has 1 amide bonds. The van der Waals surface area contributed by atoms with Crippen molar-refractivity contribution in [3.63, 3.8) is 0 Å². The van der Waals surface area contributed by atoms with E-state index in [1.54, 1.807) is 0 Å². The van der Waals surface area contributed by atoms with Gasteiger partial charge in [-0.05, 0) is 19.4 Å². The molecule has 0 aromatic rings. The molecule has 0 aromatic carbocycles. The summed E-state index contributed by atoms with van der Waals surface area (Å²) < 4.78 is 4.49. The fourth-order valence-corrected chi connectivity index (χ4v) is 1.32. The number of rotatable bonds is 10. The maximum absolute atomic E-state index is 11.4. The highest BCUT2D eigenvalue weighted by atomic mass is 16.6. The Hall–Kier alpha value is -1.71. The molecule has 0 spiro atoms. The van der Waals surface area contributed by atoms with E-state index in [1.165, 1.54) is 6.21 Å². The highest BCUT2D eigenvalue weighted by molar-refractivity contribution is 5.87. The zero-order chi connectivity index (χ0) is 15.2. The van der Waals surface area contributed by atoms with Crippen LogP contribution in [0, 0.1) is 0 Å². The average molecular weight is 289 g/mol. The molecule has 0 radical (unpaired) electrons. The third-order valence-electron chi connectivity index (χ3n) is 2.35. The van der Waals surface area contributed by atoms with Gasteiger partial charge in [-0.2, -0.15) is 0 Å². The van der Waals surface area contributed by atoms with Gasteiger partial charge in [0.05, 0.1) is 6.21 Å². The number of carbonyl (C=O) groups excluding carboxylic acids is 2. The van der Waals surface area contributed by atoms with E-state index < -0.39 is 18.1 Å². The molecule has 0 rings (SSSR count). The van der Waals surface area contributed by atoms with Crippen LogP contribution in [0.4, 0.5) is 4.79 Å². The first-order valence-corrected chi connectivity index (χ1v) is 6.43. The molecule has 0 saturated carbocycles. The Morgan fingerprint density at radius 1 is 1.35 bits per heavy atom. The number of oxime groups is 1. The summed E-state index contributed by atoms with van der Waals surface area (Å²) in [4.78, 5) is 22.5. The minimum absolute atomic E-state index is 0.240. The molecule has 0 aliphatic carbocycles. The predicted molar refractivity (Wildman–Crippen MR) is 73.5 cm³/mol. The lowest BCUT2D eigenvalue weighted by atomic mass is 10.1. The van der Waals surface area contributed by atoms with Gasteiger partial charge < -0.3 is 32.0 Å². The minimum Gasteiger partial charge on any atom is -0.411 e. The van der Waals surface area contributed by atoms with Crippen LogP contribution >= 0.6 is 0 Å². The number of nitrogens with one attached hydrogen (secondary N) is 2. The molecular weight excluding hydrogens is 266 g/mol. The second-order valence-electron chi connectivity index (χ2n) is 4.03. The van der Waals surface area contributed by atoms with Crippen molar-refractivity contribution in [3.8, 4) is 0 Å². The summed E-state index contributed by atoms with van der Waals surface area (Å²) in [6.45, 7) is 1.70. The van der Waals surface area contributed by atoms with Crippen LogP contribution in [-0.4, -0.2) is 55.7 Å². The molecule has 0 unspecified atom stereocenters. The fraction of sp³-hybridized carbons (Fsp3) is 0.727. The van der Waals surface area contributed by atoms with Crippen molar-refractivity contribution in [2.75, 3.05) is 26.2 Å². The number of nitrogens with two attached hydrogens (primary N) is 2. The van der Waals surface area contributed by atoms with E-state index in [2.05, 4.69) is 20.5 Å². The molecule has 0 bridgehead atoms. The smallest absolute Gasteiger partial charge is 0.411 e. The van der Waals surface area contributed by atoms with E-state index in [0.29, 0.717) is 25.9 Å². The van der Waals surface area contributed by atoms with E-state index >= 15 is 0 Å². The number of ether oxygens (including phenoxy) is 1. The average Bonchev–Trinajstić information content (AvgIpc) is 2.43. The van der Waals surface area contributed by atoms with Crippen molar-refractivity contribution in [1.82, 2.24) is 10.6 Å². The number of esters is 1. The van der Waals surface area contributed by atoms with Crippen molar-refractivity contribution in [2.45, 2.75) is 25.3 Å². The summed E-state index contributed by atoms with van der Waals surface area (Å²) in [5.41, 5.74) is 10.8. The lowest BCUT2D eigenvalue weighted by Crippen LogP contribution is -2.38. The number of nitrogens with zero attached hydrogens (tertiary/aromatic N) is 1. The van der Waals surface area contributed by atoms with E-state index in [-0.39, 0.29) is 13.1 Å². The lowest BCUT2D eigenvalue weighted by Gasteiger charge is -2.10. The van der Waals surface area contributed by atoms with Gasteiger partial charge in [0.1, 0.15) is 6.04 Å². The summed E-state index contributed by atoms with van der Waals surface area (Å²) in [6.07, 6.45) is 2.45. The highest BCUT2D eigenvalue weighted by Gasteiger charge is 2.17. The molecule has 1 atom stereocenters. The highest BCUT2D eigenvalue weighted by Crippen LogP contribution is 2.00. The van der Waals surface area contributed by atoms with Crippen molar-refractivity contribution < 1.29 is 19.5 Å². The van der Waals surface area contributed by atoms with Crippen LogP contribution < -0.4 is 22.1 Å². The van der Waals surface area contributed by atoms with Gasteiger partial charge in [-0.15, -0.1) is 5.16 Å². The van der Waals surface area contributed by atoms with Crippen LogP contribution in [0.1, 0.15) is 19.3 Å². The number of hydrogen-bond donors (Lipinski definition) is 5. The molecule has 0 saturated heterocycles. The molecular formula is C11H23N5O4. The van der Waals surface area contributed by atoms with Crippen molar-refractivity contribution in [2.24, 2.45) is 16.6 Å². The maximum atomic E-state index is 11.4. The third-order valence-corrected chi connectivity index (χ3v) is 2.35. The van der Waals surface area contributed by atoms with E-state index in [1.807, 2.05) is 0 Å². The second kappa shape index (κ2) is 12.3. The van der Waals surface area contributed by atoms with Crippen molar-refractivity contribution in [3.05, 3.63) is 0 Å². The first-order valence-electron chi connectivity index (χ1n) is 6.43. The standard InChI is InChI=1S/C11H23N5O4/c12-4-6-15-11(18)20-10(17)9(13)3-1-2-5-14-7-8-16-19/h8-9,14,19H,1-7,12-13H2,(H,15,18)/t9-/m0/s1. The van der Waals surface area contributed by atoms with Crippen molar-refractivity contribution in [1.29, 1.82) is 0 Å². The molecule has 0 aliphatic heterocycles. The fourth-order valence-electron chi connectivity index (χ4n) is 1.32. The van der Waals surface area contributed by atoms with Crippen LogP contribution in [0.2, 0.25) is 0 Å². The number of amides is 1. The molecule has 9 nitrogen and oxygen atoms in total. The van der Waals surface area contributed by atoms with Crippen LogP contribution in [0.15, 0.2) is 5.16 Å². The molecule has 116 valence electrons. The SMILES string of the molecule is NCCNC(=O)OC(=O)[C@@H](N)CCCCNCC=NO. The topological polar surface area (TPSA) is 152 Å². The Balaban J connectivity index is 3.62. The van der Waals surface area contributed by atoms with Gasteiger partial charge in [0.25, 0.3) is 0 Å². The monoisotopic (exact) mass is 289 g/mol. The minimum atomic E-state index is -0.833. The maximum Gasteiger partial charge on any atom is 0.414 e. The molecule has 0 aliphatic rings. The lowest BCUT2D eigenvalue weighted by molar-refractivity contribution is -0.139. The summed E-state index contributed by atoms with van der Waals surface area (Å²) in [6, 6.07) is -0.822. The van der Waals surface area contributed by atoms with Crippen LogP contribution in [0.5, 0.6) is 0 Å². The van der Waals surface area contributed by atoms with Crippen LogP contribution in [-0.2, 0) is 9.53 Å². The molecule has 0 heterocycles. The first-order chi connectivity index (χ1) is 9.61. The summed E-state index contributed by atoms with van der Waals surface area (Å²) in [7, 11) is 0. The number of hydrogen-bond acceptors (Lipinski definition) is 8. The van der Waals surface area contributed by atoms with E-state index in [9.17, 15) is 9.59 Å². The molecule has 7 N–H and O–H groups in total. The number of carbonyl (C=O) groups is 2. The Kier molecular flexibility index (Phi) is 11.3. The first kappa shape index (κ1) is 18.3. The van der Waals surface area contributed by atoms with E-state index in [4.69, 9.17) is 16.7 Å². The summed E-state index contributed by atoms with van der Waals surface area (Å²) in [5, 5.41) is 16.3. The Morgan fingerprint density at radius 3 is 2.75 bits per heavy atom. The predicted octanol–water partition coefficient (Wildman–Crippen LogP) is -1.25. The summed E-state index contributed by atoms with van der Waals surface area (Å²) in [5.74, 6) is -0.750. The number of unbranched alkanes of at least 4 members (excludes halogenated alkanes) is 1. The number of alkyl carbamates (subject to hydrolysis) is 1. The molecule has 9 heteroatoms. The van der Waals surface area contributed by atoms with Gasteiger partial charge in [0.15, 0.2) is 0 Å². The van der Waals surface area contributed by atoms with Gasteiger partial charge in [0.2, 0.25) is 0 Å². The zero-order valence-electron chi connectivity index (χ0n) is 11.4. The van der Waals surface area contributed by atoms with Gasteiger partial charge in [-0.3, -0.25) is 0 Å². The normalized spacial score (nSPS) is 12.3. The quantitative estimate of drug-likeness (QED) is 0.0840. The summed E-state index contributed by atoms with van der Waals surface area (Å²) >= 11 is 0. The Labute approximate surface area is 117 Å². The largest absolute Gasteiger partial charge is 0.414 e. The van der Waals surface area contributed by atoms with E-state index in [0.717, 1.165) is 6.42 Å². The zero-order valence-corrected chi connectivity index (χ0v) is 11.4. The molecule has 0 fully saturated rings. The second-order valence-corrected chi connectivity index (χ2v) is 4.03. The van der Waals surface area contributed by atoms with Crippen LogP contribution in [0.25, 0.3) is 0 Å².